The zero-order valence-electron chi connectivity index (χ0n) is 8.66. The Kier molecular flexibility index (Phi) is 2.71. The zero-order valence-corrected chi connectivity index (χ0v) is 10.2. The van der Waals surface area contributed by atoms with E-state index in [4.69, 9.17) is 5.11 Å². The lowest BCUT2D eigenvalue weighted by Crippen LogP contribution is -2.25. The second-order valence-corrected chi connectivity index (χ2v) is 4.54. The number of fused-ring (bicyclic) bond motifs is 1. The average Bonchev–Trinajstić information content (AvgIpc) is 2.58. The summed E-state index contributed by atoms with van der Waals surface area (Å²) in [6.45, 7) is 2.11. The minimum Gasteiger partial charge on any atom is -0.478 e. The molecular formula is C11H10BrNO3. The molecule has 4 nitrogen and oxygen atoms in total. The topological polar surface area (TPSA) is 57.6 Å². The van der Waals surface area contributed by atoms with Crippen molar-refractivity contribution in [3.63, 3.8) is 0 Å². The summed E-state index contributed by atoms with van der Waals surface area (Å²) >= 11 is 3.22. The fourth-order valence-electron chi connectivity index (χ4n) is 1.90. The SMILES string of the molecule is CC(=O)N1CCc2cc(Br)c(C(=O)O)cc21. The van der Waals surface area contributed by atoms with Gasteiger partial charge in [0.25, 0.3) is 0 Å². The lowest BCUT2D eigenvalue weighted by atomic mass is 10.1. The molecule has 1 aliphatic heterocycles. The highest BCUT2D eigenvalue weighted by Gasteiger charge is 2.24. The highest BCUT2D eigenvalue weighted by atomic mass is 79.9. The molecule has 0 atom stereocenters. The normalized spacial score (nSPS) is 13.8. The first kappa shape index (κ1) is 11.1. The number of anilines is 1. The Balaban J connectivity index is 2.54. The Morgan fingerprint density at radius 3 is 2.69 bits per heavy atom. The van der Waals surface area contributed by atoms with Gasteiger partial charge in [-0.25, -0.2) is 4.79 Å². The van der Waals surface area contributed by atoms with Crippen molar-refractivity contribution in [3.05, 3.63) is 27.7 Å². The minimum absolute atomic E-state index is 0.0580. The Bertz CT molecular complexity index is 484. The van der Waals surface area contributed by atoms with Crippen LogP contribution in [-0.4, -0.2) is 23.5 Å². The standard InChI is InChI=1S/C11H10BrNO3/c1-6(14)13-3-2-7-4-9(12)8(11(15)16)5-10(7)13/h4-5H,2-3H2,1H3,(H,15,16). The lowest BCUT2D eigenvalue weighted by Gasteiger charge is -2.15. The number of aromatic carboxylic acids is 1. The van der Waals surface area contributed by atoms with Gasteiger partial charge in [0, 0.05) is 23.6 Å². The molecule has 84 valence electrons. The van der Waals surface area contributed by atoms with Gasteiger partial charge in [0.05, 0.1) is 5.56 Å². The van der Waals surface area contributed by atoms with Crippen LogP contribution < -0.4 is 4.90 Å². The predicted molar refractivity (Wildman–Crippen MR) is 62.8 cm³/mol. The molecule has 0 unspecified atom stereocenters. The maximum Gasteiger partial charge on any atom is 0.336 e. The van der Waals surface area contributed by atoms with E-state index in [0.29, 0.717) is 16.7 Å². The van der Waals surface area contributed by atoms with E-state index in [0.717, 1.165) is 12.0 Å². The molecule has 1 aromatic carbocycles. The molecule has 1 heterocycles. The van der Waals surface area contributed by atoms with Crippen molar-refractivity contribution in [3.8, 4) is 0 Å². The van der Waals surface area contributed by atoms with Gasteiger partial charge in [0.2, 0.25) is 5.91 Å². The molecule has 1 N–H and O–H groups in total. The van der Waals surface area contributed by atoms with Crippen LogP contribution in [0, 0.1) is 0 Å². The Morgan fingerprint density at radius 1 is 1.44 bits per heavy atom. The van der Waals surface area contributed by atoms with Crippen LogP contribution in [0.25, 0.3) is 0 Å². The van der Waals surface area contributed by atoms with Gasteiger partial charge in [0.15, 0.2) is 0 Å². The fourth-order valence-corrected chi connectivity index (χ4v) is 2.46. The van der Waals surface area contributed by atoms with Gasteiger partial charge in [-0.3, -0.25) is 4.79 Å². The molecule has 1 aromatic rings. The molecule has 5 heteroatoms. The number of carbonyl (C=O) groups is 2. The minimum atomic E-state index is -0.995. The molecule has 0 saturated carbocycles. The Labute approximate surface area is 101 Å². The predicted octanol–water partition coefficient (Wildman–Crippen LogP) is 2.06. The quantitative estimate of drug-likeness (QED) is 0.858. The molecule has 1 aliphatic rings. The Hall–Kier alpha value is -1.36. The lowest BCUT2D eigenvalue weighted by molar-refractivity contribution is -0.116. The molecule has 2 rings (SSSR count). The van der Waals surface area contributed by atoms with Crippen molar-refractivity contribution in [1.82, 2.24) is 0 Å². The maximum atomic E-state index is 11.3. The molecule has 0 radical (unpaired) electrons. The van der Waals surface area contributed by atoms with E-state index in [9.17, 15) is 9.59 Å². The molecule has 0 aliphatic carbocycles. The van der Waals surface area contributed by atoms with Gasteiger partial charge in [0.1, 0.15) is 0 Å². The van der Waals surface area contributed by atoms with Crippen molar-refractivity contribution in [2.45, 2.75) is 13.3 Å². The molecule has 0 fully saturated rings. The van der Waals surface area contributed by atoms with Gasteiger partial charge >= 0.3 is 5.97 Å². The zero-order chi connectivity index (χ0) is 11.9. The van der Waals surface area contributed by atoms with Crippen LogP contribution in [0.3, 0.4) is 0 Å². The van der Waals surface area contributed by atoms with Crippen LogP contribution in [0.1, 0.15) is 22.8 Å². The number of benzene rings is 1. The van der Waals surface area contributed by atoms with E-state index >= 15 is 0 Å². The molecule has 16 heavy (non-hydrogen) atoms. The second-order valence-electron chi connectivity index (χ2n) is 3.69. The summed E-state index contributed by atoms with van der Waals surface area (Å²) in [5.74, 6) is -1.05. The number of carboxylic acid groups (broad SMARTS) is 1. The third kappa shape index (κ3) is 1.71. The number of hydrogen-bond donors (Lipinski definition) is 1. The van der Waals surface area contributed by atoms with Crippen LogP contribution in [0.4, 0.5) is 5.69 Å². The smallest absolute Gasteiger partial charge is 0.336 e. The summed E-state index contributed by atoms with van der Waals surface area (Å²) in [4.78, 5) is 23.9. The number of carbonyl (C=O) groups excluding carboxylic acids is 1. The first-order valence-electron chi connectivity index (χ1n) is 4.84. The monoisotopic (exact) mass is 283 g/mol. The molecule has 0 spiro atoms. The van der Waals surface area contributed by atoms with Crippen molar-refractivity contribution < 1.29 is 14.7 Å². The van der Waals surface area contributed by atoms with Gasteiger partial charge < -0.3 is 10.0 Å². The molecule has 0 saturated heterocycles. The maximum absolute atomic E-state index is 11.3. The van der Waals surface area contributed by atoms with Crippen LogP contribution in [0.2, 0.25) is 0 Å². The number of amides is 1. The van der Waals surface area contributed by atoms with E-state index in [1.165, 1.54) is 6.92 Å². The van der Waals surface area contributed by atoms with E-state index in [-0.39, 0.29) is 11.5 Å². The summed E-state index contributed by atoms with van der Waals surface area (Å²) < 4.78 is 0.559. The van der Waals surface area contributed by atoms with Crippen molar-refractivity contribution in [2.24, 2.45) is 0 Å². The average molecular weight is 284 g/mol. The molecule has 0 aromatic heterocycles. The van der Waals surface area contributed by atoms with Crippen molar-refractivity contribution >= 4 is 33.5 Å². The van der Waals surface area contributed by atoms with E-state index in [1.807, 2.05) is 0 Å². The van der Waals surface area contributed by atoms with Gasteiger partial charge in [-0.1, -0.05) is 0 Å². The largest absolute Gasteiger partial charge is 0.478 e. The second kappa shape index (κ2) is 3.90. The highest BCUT2D eigenvalue weighted by molar-refractivity contribution is 9.10. The number of nitrogens with zero attached hydrogens (tertiary/aromatic N) is 1. The summed E-state index contributed by atoms with van der Waals surface area (Å²) in [5.41, 5.74) is 1.91. The highest BCUT2D eigenvalue weighted by Crippen LogP contribution is 2.33. The Morgan fingerprint density at radius 2 is 2.12 bits per heavy atom. The van der Waals surface area contributed by atoms with Crippen LogP contribution in [-0.2, 0) is 11.2 Å². The molecule has 1 amide bonds. The van der Waals surface area contributed by atoms with Gasteiger partial charge in [-0.05, 0) is 40.0 Å². The van der Waals surface area contributed by atoms with Gasteiger partial charge in [-0.2, -0.15) is 0 Å². The van der Waals surface area contributed by atoms with E-state index in [2.05, 4.69) is 15.9 Å². The van der Waals surface area contributed by atoms with Crippen molar-refractivity contribution in [2.75, 3.05) is 11.4 Å². The first-order valence-corrected chi connectivity index (χ1v) is 5.64. The summed E-state index contributed by atoms with van der Waals surface area (Å²) in [6, 6.07) is 3.33. The number of halogens is 1. The van der Waals surface area contributed by atoms with Crippen LogP contribution in [0.5, 0.6) is 0 Å². The third-order valence-corrected chi connectivity index (χ3v) is 3.33. The number of carboxylic acids is 1. The first-order chi connectivity index (χ1) is 7.50. The number of hydrogen-bond acceptors (Lipinski definition) is 2. The van der Waals surface area contributed by atoms with Crippen LogP contribution in [0.15, 0.2) is 16.6 Å². The van der Waals surface area contributed by atoms with Crippen molar-refractivity contribution in [1.29, 1.82) is 0 Å². The third-order valence-electron chi connectivity index (χ3n) is 2.67. The number of rotatable bonds is 1. The molecule has 0 bridgehead atoms. The summed E-state index contributed by atoms with van der Waals surface area (Å²) in [6.07, 6.45) is 0.771. The van der Waals surface area contributed by atoms with Gasteiger partial charge in [-0.15, -0.1) is 0 Å². The summed E-state index contributed by atoms with van der Waals surface area (Å²) in [5, 5.41) is 8.99. The summed E-state index contributed by atoms with van der Waals surface area (Å²) in [7, 11) is 0. The fraction of sp³-hybridized carbons (Fsp3) is 0.273. The van der Waals surface area contributed by atoms with Crippen LogP contribution >= 0.6 is 15.9 Å². The molecular weight excluding hydrogens is 274 g/mol. The van der Waals surface area contributed by atoms with E-state index < -0.39 is 5.97 Å². The van der Waals surface area contributed by atoms with E-state index in [1.54, 1.807) is 17.0 Å².